The maximum atomic E-state index is 13.0. The molecule has 5 rings (SSSR count). The van der Waals surface area contributed by atoms with Gasteiger partial charge in [-0.2, -0.15) is 0 Å². The van der Waals surface area contributed by atoms with Crippen LogP contribution in [-0.4, -0.2) is 15.5 Å². The van der Waals surface area contributed by atoms with Crippen molar-refractivity contribution in [3.8, 4) is 0 Å². The molecule has 1 aromatic heterocycles. The second-order valence-corrected chi connectivity index (χ2v) is 8.10. The third kappa shape index (κ3) is 4.70. The largest absolute Gasteiger partial charge is 0.345 e. The molecular formula is C29H25N3O. The molecule has 0 unspecified atom stereocenters. The van der Waals surface area contributed by atoms with Crippen molar-refractivity contribution in [2.45, 2.75) is 19.0 Å². The van der Waals surface area contributed by atoms with Gasteiger partial charge < -0.3 is 9.88 Å². The van der Waals surface area contributed by atoms with Crippen LogP contribution in [0.1, 0.15) is 33.4 Å². The van der Waals surface area contributed by atoms with Crippen molar-refractivity contribution in [2.24, 2.45) is 0 Å². The highest BCUT2D eigenvalue weighted by Gasteiger charge is 2.20. The average molecular weight is 432 g/mol. The summed E-state index contributed by atoms with van der Waals surface area (Å²) in [5, 5.41) is 3.24. The van der Waals surface area contributed by atoms with E-state index in [1.165, 1.54) is 5.56 Å². The molecular weight excluding hydrogens is 406 g/mol. The summed E-state index contributed by atoms with van der Waals surface area (Å²) in [6, 6.07) is 37.9. The molecule has 1 N–H and O–H groups in total. The Bertz CT molecular complexity index is 1350. The van der Waals surface area contributed by atoms with Crippen LogP contribution >= 0.6 is 0 Å². The first-order valence-electron chi connectivity index (χ1n) is 11.2. The van der Waals surface area contributed by atoms with Gasteiger partial charge in [-0.3, -0.25) is 4.79 Å². The fourth-order valence-corrected chi connectivity index (χ4v) is 4.17. The minimum absolute atomic E-state index is 0.0878. The number of hydrogen-bond donors (Lipinski definition) is 1. The van der Waals surface area contributed by atoms with Crippen LogP contribution in [0, 0.1) is 0 Å². The lowest BCUT2D eigenvalue weighted by Crippen LogP contribution is -2.30. The molecule has 162 valence electrons. The second-order valence-electron chi connectivity index (χ2n) is 8.10. The zero-order chi connectivity index (χ0) is 22.5. The van der Waals surface area contributed by atoms with E-state index in [1.807, 2.05) is 72.8 Å². The Morgan fingerprint density at radius 2 is 1.36 bits per heavy atom. The molecule has 33 heavy (non-hydrogen) atoms. The Morgan fingerprint density at radius 3 is 2.09 bits per heavy atom. The van der Waals surface area contributed by atoms with Gasteiger partial charge in [0.2, 0.25) is 0 Å². The number of nitrogens with one attached hydrogen (secondary N) is 1. The number of hydrogen-bond acceptors (Lipinski definition) is 2. The van der Waals surface area contributed by atoms with E-state index in [0.717, 1.165) is 29.0 Å². The molecule has 4 aromatic carbocycles. The van der Waals surface area contributed by atoms with E-state index in [-0.39, 0.29) is 11.9 Å². The van der Waals surface area contributed by atoms with Gasteiger partial charge >= 0.3 is 0 Å². The van der Waals surface area contributed by atoms with Gasteiger partial charge in [0.15, 0.2) is 0 Å². The van der Waals surface area contributed by atoms with Gasteiger partial charge in [0, 0.05) is 18.5 Å². The van der Waals surface area contributed by atoms with Crippen molar-refractivity contribution in [3.05, 3.63) is 138 Å². The minimum atomic E-state index is -0.203. The maximum absolute atomic E-state index is 13.0. The van der Waals surface area contributed by atoms with Gasteiger partial charge in [0.05, 0.1) is 17.1 Å². The summed E-state index contributed by atoms with van der Waals surface area (Å²) >= 11 is 0. The van der Waals surface area contributed by atoms with E-state index in [4.69, 9.17) is 4.98 Å². The highest BCUT2D eigenvalue weighted by atomic mass is 16.1. The van der Waals surface area contributed by atoms with Crippen LogP contribution in [0.2, 0.25) is 0 Å². The summed E-state index contributed by atoms with van der Waals surface area (Å²) in [7, 11) is 0. The maximum Gasteiger partial charge on any atom is 0.251 e. The molecule has 0 bridgehead atoms. The van der Waals surface area contributed by atoms with Gasteiger partial charge in [0.1, 0.15) is 5.82 Å². The van der Waals surface area contributed by atoms with E-state index in [0.29, 0.717) is 12.0 Å². The molecule has 4 nitrogen and oxygen atoms in total. The summed E-state index contributed by atoms with van der Waals surface area (Å²) in [4.78, 5) is 18.0. The lowest BCUT2D eigenvalue weighted by molar-refractivity contribution is 0.0936. The Hall–Kier alpha value is -4.18. The highest BCUT2D eigenvalue weighted by Crippen LogP contribution is 2.24. The topological polar surface area (TPSA) is 46.9 Å². The van der Waals surface area contributed by atoms with Crippen LogP contribution in [0.3, 0.4) is 0 Å². The molecule has 0 saturated carbocycles. The van der Waals surface area contributed by atoms with Gasteiger partial charge in [-0.05, 0) is 35.4 Å². The van der Waals surface area contributed by atoms with Crippen LogP contribution in [-0.2, 0) is 13.0 Å². The lowest BCUT2D eigenvalue weighted by atomic mass is 10.0. The third-order valence-corrected chi connectivity index (χ3v) is 5.85. The van der Waals surface area contributed by atoms with E-state index in [2.05, 4.69) is 52.3 Å². The number of aromatic nitrogens is 2. The average Bonchev–Trinajstić information content (AvgIpc) is 3.22. The van der Waals surface area contributed by atoms with E-state index in [1.54, 1.807) is 0 Å². The van der Waals surface area contributed by atoms with Crippen LogP contribution in [0.25, 0.3) is 11.0 Å². The number of imidazole rings is 1. The predicted molar refractivity (Wildman–Crippen MR) is 132 cm³/mol. The molecule has 1 amide bonds. The SMILES string of the molecule is O=C(N[C@H](Cc1nc2ccccc2n1Cc1ccccc1)c1ccccc1)c1ccccc1. The quantitative estimate of drug-likeness (QED) is 0.354. The zero-order valence-electron chi connectivity index (χ0n) is 18.3. The first-order chi connectivity index (χ1) is 16.3. The smallest absolute Gasteiger partial charge is 0.251 e. The first kappa shape index (κ1) is 20.7. The molecule has 0 radical (unpaired) electrons. The van der Waals surface area contributed by atoms with Gasteiger partial charge in [0.25, 0.3) is 5.91 Å². The molecule has 0 aliphatic heterocycles. The summed E-state index contributed by atoms with van der Waals surface area (Å²) < 4.78 is 2.26. The van der Waals surface area contributed by atoms with Crippen LogP contribution in [0.5, 0.6) is 0 Å². The summed E-state index contributed by atoms with van der Waals surface area (Å²) in [5.41, 5.74) is 4.98. The van der Waals surface area contributed by atoms with Crippen molar-refractivity contribution in [1.82, 2.24) is 14.9 Å². The molecule has 5 aromatic rings. The number of rotatable bonds is 7. The molecule has 0 fully saturated rings. The summed E-state index contributed by atoms with van der Waals surface area (Å²) in [6.45, 7) is 0.727. The highest BCUT2D eigenvalue weighted by molar-refractivity contribution is 5.94. The van der Waals surface area contributed by atoms with Crippen molar-refractivity contribution in [2.75, 3.05) is 0 Å². The standard InChI is InChI=1S/C29H25N3O/c33-29(24-16-8-3-9-17-24)31-26(23-14-6-2-7-15-23)20-28-30-25-18-10-11-19-27(25)32(28)21-22-12-4-1-5-13-22/h1-19,26H,20-21H2,(H,31,33)/t26-/m1/s1. The monoisotopic (exact) mass is 431 g/mol. The van der Waals surface area contributed by atoms with Crippen LogP contribution < -0.4 is 5.32 Å². The molecule has 0 aliphatic carbocycles. The van der Waals surface area contributed by atoms with E-state index < -0.39 is 0 Å². The van der Waals surface area contributed by atoms with Crippen molar-refractivity contribution in [3.63, 3.8) is 0 Å². The fraction of sp³-hybridized carbons (Fsp3) is 0.103. The van der Waals surface area contributed by atoms with Gasteiger partial charge in [-0.15, -0.1) is 0 Å². The summed E-state index contributed by atoms with van der Waals surface area (Å²) in [6.07, 6.45) is 0.587. The number of carbonyl (C=O) groups is 1. The van der Waals surface area contributed by atoms with Crippen LogP contribution in [0.4, 0.5) is 0 Å². The Kier molecular flexibility index (Phi) is 5.98. The molecule has 0 saturated heterocycles. The molecule has 4 heteroatoms. The number of benzene rings is 4. The Morgan fingerprint density at radius 1 is 0.758 bits per heavy atom. The zero-order valence-corrected chi connectivity index (χ0v) is 18.3. The Labute approximate surface area is 193 Å². The van der Waals surface area contributed by atoms with Gasteiger partial charge in [-0.25, -0.2) is 4.98 Å². The van der Waals surface area contributed by atoms with Crippen molar-refractivity contribution >= 4 is 16.9 Å². The number of carbonyl (C=O) groups excluding carboxylic acids is 1. The number of amides is 1. The van der Waals surface area contributed by atoms with Crippen LogP contribution in [0.15, 0.2) is 115 Å². The molecule has 1 atom stereocenters. The van der Waals surface area contributed by atoms with E-state index >= 15 is 0 Å². The number of nitrogens with zero attached hydrogens (tertiary/aromatic N) is 2. The first-order valence-corrected chi connectivity index (χ1v) is 11.2. The fourth-order valence-electron chi connectivity index (χ4n) is 4.17. The molecule has 0 aliphatic rings. The van der Waals surface area contributed by atoms with Crippen molar-refractivity contribution in [1.29, 1.82) is 0 Å². The number of fused-ring (bicyclic) bond motifs is 1. The normalized spacial score (nSPS) is 11.9. The van der Waals surface area contributed by atoms with Gasteiger partial charge in [-0.1, -0.05) is 91.0 Å². The van der Waals surface area contributed by atoms with Crippen molar-refractivity contribution < 1.29 is 4.79 Å². The van der Waals surface area contributed by atoms with E-state index in [9.17, 15) is 4.79 Å². The number of para-hydroxylation sites is 2. The minimum Gasteiger partial charge on any atom is -0.345 e. The summed E-state index contributed by atoms with van der Waals surface area (Å²) in [5.74, 6) is 0.859. The lowest BCUT2D eigenvalue weighted by Gasteiger charge is -2.20. The second kappa shape index (κ2) is 9.53. The predicted octanol–water partition coefficient (Wildman–Crippen LogP) is 5.80. The molecule has 1 heterocycles. The molecule has 0 spiro atoms. The Balaban J connectivity index is 1.51. The third-order valence-electron chi connectivity index (χ3n) is 5.85.